The number of rotatable bonds is 12. The largest absolute Gasteiger partial charge is 0.481 e. The fourth-order valence-corrected chi connectivity index (χ4v) is 2.88. The Morgan fingerprint density at radius 2 is 1.16 bits per heavy atom. The van der Waals surface area contributed by atoms with Crippen molar-refractivity contribution in [1.29, 1.82) is 0 Å². The van der Waals surface area contributed by atoms with Gasteiger partial charge in [-0.25, -0.2) is 9.59 Å². The lowest BCUT2D eigenvalue weighted by atomic mass is 9.84. The lowest BCUT2D eigenvalue weighted by molar-refractivity contribution is -0.155. The molecule has 0 spiro atoms. The van der Waals surface area contributed by atoms with E-state index in [-0.39, 0.29) is 36.8 Å². The van der Waals surface area contributed by atoms with E-state index < -0.39 is 42.5 Å². The molecule has 2 aromatic carbocycles. The van der Waals surface area contributed by atoms with Gasteiger partial charge in [0.05, 0.1) is 11.1 Å². The van der Waals surface area contributed by atoms with Crippen molar-refractivity contribution in [2.24, 2.45) is 5.41 Å². The summed E-state index contributed by atoms with van der Waals surface area (Å²) < 4.78 is 10.5. The molecule has 0 atom stereocenters. The SMILES string of the molecule is O=C(O)CCCCC(COC(=O)c1ccccc1)(COC(=O)c1ccccc1)C(=O)O. The first kappa shape index (κ1) is 23.6. The van der Waals surface area contributed by atoms with Crippen LogP contribution in [0.5, 0.6) is 0 Å². The first-order valence-electron chi connectivity index (χ1n) is 9.73. The minimum absolute atomic E-state index is 0.0280. The topological polar surface area (TPSA) is 127 Å². The van der Waals surface area contributed by atoms with Crippen LogP contribution in [0, 0.1) is 5.41 Å². The molecule has 0 bridgehead atoms. The average Bonchev–Trinajstić information content (AvgIpc) is 2.78. The van der Waals surface area contributed by atoms with Gasteiger partial charge in [-0.2, -0.15) is 0 Å². The Morgan fingerprint density at radius 1 is 0.710 bits per heavy atom. The zero-order valence-corrected chi connectivity index (χ0v) is 16.9. The zero-order valence-electron chi connectivity index (χ0n) is 16.9. The summed E-state index contributed by atoms with van der Waals surface area (Å²) in [6.45, 7) is -1.05. The van der Waals surface area contributed by atoms with Crippen molar-refractivity contribution >= 4 is 23.9 Å². The van der Waals surface area contributed by atoms with E-state index in [1.165, 1.54) is 24.3 Å². The minimum atomic E-state index is -1.70. The molecule has 2 rings (SSSR count). The van der Waals surface area contributed by atoms with Crippen molar-refractivity contribution in [2.75, 3.05) is 13.2 Å². The molecule has 31 heavy (non-hydrogen) atoms. The Bertz CT molecular complexity index is 837. The van der Waals surface area contributed by atoms with Crippen molar-refractivity contribution in [1.82, 2.24) is 0 Å². The van der Waals surface area contributed by atoms with Gasteiger partial charge in [0.1, 0.15) is 18.6 Å². The van der Waals surface area contributed by atoms with Crippen LogP contribution in [-0.2, 0) is 19.1 Å². The Labute approximate surface area is 179 Å². The normalized spacial score (nSPS) is 10.8. The number of benzene rings is 2. The molecule has 0 aliphatic carbocycles. The predicted molar refractivity (Wildman–Crippen MR) is 110 cm³/mol. The molecule has 0 aliphatic heterocycles. The molecule has 8 heteroatoms. The van der Waals surface area contributed by atoms with Crippen LogP contribution in [0.2, 0.25) is 0 Å². The Balaban J connectivity index is 2.12. The number of carbonyl (C=O) groups excluding carboxylic acids is 2. The van der Waals surface area contributed by atoms with Crippen LogP contribution in [0.1, 0.15) is 46.4 Å². The maximum Gasteiger partial charge on any atom is 0.338 e. The van der Waals surface area contributed by atoms with E-state index in [0.717, 1.165) is 0 Å². The molecule has 2 N–H and O–H groups in total. The number of hydrogen-bond acceptors (Lipinski definition) is 6. The quantitative estimate of drug-likeness (QED) is 0.389. The summed E-state index contributed by atoms with van der Waals surface area (Å²) in [5, 5.41) is 18.7. The third-order valence-electron chi connectivity index (χ3n) is 4.73. The number of unbranched alkanes of at least 4 members (excludes halogenated alkanes) is 1. The molecule has 0 aromatic heterocycles. The number of carboxylic acids is 2. The number of esters is 2. The van der Waals surface area contributed by atoms with Crippen molar-refractivity contribution < 1.29 is 38.9 Å². The summed E-state index contributed by atoms with van der Waals surface area (Å²) in [6, 6.07) is 16.2. The minimum Gasteiger partial charge on any atom is -0.481 e. The summed E-state index contributed by atoms with van der Waals surface area (Å²) in [7, 11) is 0. The van der Waals surface area contributed by atoms with Gasteiger partial charge in [-0.15, -0.1) is 0 Å². The molecule has 164 valence electrons. The van der Waals surface area contributed by atoms with E-state index in [0.29, 0.717) is 0 Å². The van der Waals surface area contributed by atoms with Crippen LogP contribution >= 0.6 is 0 Å². The smallest absolute Gasteiger partial charge is 0.338 e. The highest BCUT2D eigenvalue weighted by molar-refractivity contribution is 5.90. The fraction of sp³-hybridized carbons (Fsp3) is 0.304. The van der Waals surface area contributed by atoms with Crippen LogP contribution < -0.4 is 0 Å². The van der Waals surface area contributed by atoms with E-state index in [1.54, 1.807) is 36.4 Å². The third-order valence-corrected chi connectivity index (χ3v) is 4.73. The van der Waals surface area contributed by atoms with E-state index in [9.17, 15) is 24.3 Å². The van der Waals surface area contributed by atoms with Gasteiger partial charge in [0.15, 0.2) is 0 Å². The van der Waals surface area contributed by atoms with Gasteiger partial charge in [0.2, 0.25) is 0 Å². The first-order valence-corrected chi connectivity index (χ1v) is 9.73. The molecule has 0 aliphatic rings. The van der Waals surface area contributed by atoms with Crippen molar-refractivity contribution in [2.45, 2.75) is 25.7 Å². The van der Waals surface area contributed by atoms with Gasteiger partial charge in [-0.1, -0.05) is 42.8 Å². The van der Waals surface area contributed by atoms with Crippen molar-refractivity contribution in [3.63, 3.8) is 0 Å². The highest BCUT2D eigenvalue weighted by Gasteiger charge is 2.41. The first-order chi connectivity index (χ1) is 14.8. The highest BCUT2D eigenvalue weighted by atomic mass is 16.6. The van der Waals surface area contributed by atoms with Crippen LogP contribution in [0.3, 0.4) is 0 Å². The number of hydrogen-bond donors (Lipinski definition) is 2. The second-order valence-electron chi connectivity index (χ2n) is 7.07. The zero-order chi connectivity index (χ0) is 22.7. The molecule has 0 unspecified atom stereocenters. The van der Waals surface area contributed by atoms with Gasteiger partial charge in [-0.3, -0.25) is 9.59 Å². The van der Waals surface area contributed by atoms with Crippen LogP contribution in [0.15, 0.2) is 60.7 Å². The molecule has 2 aromatic rings. The summed E-state index contributed by atoms with van der Waals surface area (Å²) >= 11 is 0. The van der Waals surface area contributed by atoms with Gasteiger partial charge >= 0.3 is 23.9 Å². The highest BCUT2D eigenvalue weighted by Crippen LogP contribution is 2.28. The molecular weight excluding hydrogens is 404 g/mol. The Morgan fingerprint density at radius 3 is 1.55 bits per heavy atom. The van der Waals surface area contributed by atoms with Gasteiger partial charge in [0.25, 0.3) is 0 Å². The summed E-state index contributed by atoms with van der Waals surface area (Å²) in [6.07, 6.45) is 0.330. The number of aliphatic carboxylic acids is 2. The summed E-state index contributed by atoms with van der Waals surface area (Å²) in [5.41, 5.74) is -1.18. The second-order valence-corrected chi connectivity index (χ2v) is 7.07. The van der Waals surface area contributed by atoms with Gasteiger partial charge in [0, 0.05) is 6.42 Å². The Hall–Kier alpha value is -3.68. The van der Waals surface area contributed by atoms with Gasteiger partial charge in [-0.05, 0) is 37.1 Å². The standard InChI is InChI=1S/C23H24O8/c24-19(25)13-7-8-14-23(22(28)29,15-30-20(26)17-9-3-1-4-10-17)16-31-21(27)18-11-5-2-6-12-18/h1-6,9-12H,7-8,13-16H2,(H,24,25)(H,28,29). The lowest BCUT2D eigenvalue weighted by Crippen LogP contribution is -2.42. The van der Waals surface area contributed by atoms with Crippen LogP contribution in [0.4, 0.5) is 0 Å². The number of carbonyl (C=O) groups is 4. The lowest BCUT2D eigenvalue weighted by Gasteiger charge is -2.28. The third kappa shape index (κ3) is 7.26. The molecule has 0 saturated carbocycles. The number of carboxylic acid groups (broad SMARTS) is 2. The molecule has 0 heterocycles. The molecule has 0 saturated heterocycles. The number of ether oxygens (including phenoxy) is 2. The predicted octanol–water partition coefficient (Wildman–Crippen LogP) is 3.42. The van der Waals surface area contributed by atoms with Gasteiger partial charge < -0.3 is 19.7 Å². The Kier molecular flexibility index (Phi) is 8.75. The van der Waals surface area contributed by atoms with Crippen LogP contribution in [-0.4, -0.2) is 47.3 Å². The summed E-state index contributed by atoms with van der Waals surface area (Å²) in [4.78, 5) is 47.5. The average molecular weight is 428 g/mol. The molecule has 8 nitrogen and oxygen atoms in total. The molecule has 0 radical (unpaired) electrons. The van der Waals surface area contributed by atoms with E-state index in [2.05, 4.69) is 0 Å². The van der Waals surface area contributed by atoms with E-state index in [4.69, 9.17) is 14.6 Å². The van der Waals surface area contributed by atoms with Crippen molar-refractivity contribution in [3.05, 3.63) is 71.8 Å². The van der Waals surface area contributed by atoms with Crippen LogP contribution in [0.25, 0.3) is 0 Å². The molecule has 0 amide bonds. The van der Waals surface area contributed by atoms with E-state index >= 15 is 0 Å². The fourth-order valence-electron chi connectivity index (χ4n) is 2.88. The van der Waals surface area contributed by atoms with Crippen molar-refractivity contribution in [3.8, 4) is 0 Å². The monoisotopic (exact) mass is 428 g/mol. The summed E-state index contributed by atoms with van der Waals surface area (Å²) in [5.74, 6) is -3.70. The molecule has 0 fully saturated rings. The van der Waals surface area contributed by atoms with E-state index in [1.807, 2.05) is 0 Å². The second kappa shape index (κ2) is 11.5. The maximum atomic E-state index is 12.3. The molecular formula is C23H24O8. The maximum absolute atomic E-state index is 12.3.